The predicted octanol–water partition coefficient (Wildman–Crippen LogP) is 3.10. The summed E-state index contributed by atoms with van der Waals surface area (Å²) in [6.07, 6.45) is 8.42. The van der Waals surface area contributed by atoms with Crippen molar-refractivity contribution in [2.24, 2.45) is 5.41 Å². The highest BCUT2D eigenvalue weighted by atomic mass is 16.3. The van der Waals surface area contributed by atoms with Gasteiger partial charge in [0, 0.05) is 6.42 Å². The third-order valence-corrected chi connectivity index (χ3v) is 2.37. The van der Waals surface area contributed by atoms with Crippen LogP contribution in [0.1, 0.15) is 53.4 Å². The largest absolute Gasteiger partial charge is 0.386 e. The molecule has 2 heteroatoms. The lowest BCUT2D eigenvalue weighted by molar-refractivity contribution is -0.108. The minimum absolute atomic E-state index is 0.213. The Morgan fingerprint density at radius 3 is 2.27 bits per heavy atom. The van der Waals surface area contributed by atoms with E-state index in [2.05, 4.69) is 13.8 Å². The van der Waals surface area contributed by atoms with Gasteiger partial charge < -0.3 is 9.90 Å². The molecule has 0 atom stereocenters. The molecule has 0 aromatic heterocycles. The third-order valence-electron chi connectivity index (χ3n) is 2.37. The van der Waals surface area contributed by atoms with E-state index in [-0.39, 0.29) is 5.41 Å². The quantitative estimate of drug-likeness (QED) is 0.400. The molecule has 88 valence electrons. The van der Waals surface area contributed by atoms with E-state index in [1.165, 1.54) is 0 Å². The molecule has 0 saturated heterocycles. The summed E-state index contributed by atoms with van der Waals surface area (Å²) in [5.41, 5.74) is -0.510. The fourth-order valence-corrected chi connectivity index (χ4v) is 1.43. The van der Waals surface area contributed by atoms with Crippen molar-refractivity contribution in [2.75, 3.05) is 0 Å². The Hall–Kier alpha value is -0.630. The van der Waals surface area contributed by atoms with Gasteiger partial charge >= 0.3 is 0 Å². The molecule has 0 bridgehead atoms. The number of hydrogen-bond donors (Lipinski definition) is 1. The molecule has 0 aliphatic rings. The van der Waals surface area contributed by atoms with E-state index >= 15 is 0 Å². The van der Waals surface area contributed by atoms with Gasteiger partial charge in [-0.1, -0.05) is 26.0 Å². The first-order chi connectivity index (χ1) is 6.77. The summed E-state index contributed by atoms with van der Waals surface area (Å²) < 4.78 is 0. The molecule has 1 N–H and O–H groups in total. The number of allylic oxidation sites excluding steroid dienone is 1. The smallest absolute Gasteiger partial charge is 0.119 e. The second-order valence-corrected chi connectivity index (χ2v) is 5.48. The third kappa shape index (κ3) is 9.67. The maximum absolute atomic E-state index is 10.2. The second-order valence-electron chi connectivity index (χ2n) is 5.48. The van der Waals surface area contributed by atoms with Crippen LogP contribution < -0.4 is 0 Å². The van der Waals surface area contributed by atoms with Gasteiger partial charge in [-0.3, -0.25) is 0 Å². The zero-order valence-electron chi connectivity index (χ0n) is 10.4. The first-order valence-electron chi connectivity index (χ1n) is 5.60. The van der Waals surface area contributed by atoms with Crippen molar-refractivity contribution in [1.82, 2.24) is 0 Å². The highest BCUT2D eigenvalue weighted by Crippen LogP contribution is 2.28. The lowest BCUT2D eigenvalue weighted by Gasteiger charge is -2.23. The molecule has 0 amide bonds. The van der Waals surface area contributed by atoms with Crippen molar-refractivity contribution in [3.05, 3.63) is 12.2 Å². The molecule has 15 heavy (non-hydrogen) atoms. The standard InChI is InChI=1S/C13H24O2/c1-12(2,8-5-6-11-14)9-7-10-13(3,4)15/h7,10-11,15H,5-6,8-9H2,1-4H3. The molecule has 0 aromatic carbocycles. The van der Waals surface area contributed by atoms with E-state index in [0.717, 1.165) is 25.5 Å². The Labute approximate surface area is 93.4 Å². The van der Waals surface area contributed by atoms with Gasteiger partial charge in [0.25, 0.3) is 0 Å². The highest BCUT2D eigenvalue weighted by molar-refractivity contribution is 5.48. The van der Waals surface area contributed by atoms with Crippen LogP contribution in [-0.2, 0) is 4.79 Å². The summed E-state index contributed by atoms with van der Waals surface area (Å²) in [5, 5.41) is 9.50. The number of hydrogen-bond acceptors (Lipinski definition) is 2. The van der Waals surface area contributed by atoms with Crippen LogP contribution in [0.15, 0.2) is 12.2 Å². The molecule has 0 aliphatic carbocycles. The summed E-state index contributed by atoms with van der Waals surface area (Å²) in [4.78, 5) is 10.2. The molecule has 0 unspecified atom stereocenters. The first kappa shape index (κ1) is 14.4. The molecule has 0 radical (unpaired) electrons. The highest BCUT2D eigenvalue weighted by Gasteiger charge is 2.16. The van der Waals surface area contributed by atoms with E-state index in [1.807, 2.05) is 12.2 Å². The van der Waals surface area contributed by atoms with Gasteiger partial charge in [-0.2, -0.15) is 0 Å². The zero-order valence-corrected chi connectivity index (χ0v) is 10.4. The Balaban J connectivity index is 3.92. The van der Waals surface area contributed by atoms with Crippen LogP contribution in [0.3, 0.4) is 0 Å². The van der Waals surface area contributed by atoms with Crippen LogP contribution in [0.25, 0.3) is 0 Å². The maximum Gasteiger partial charge on any atom is 0.119 e. The van der Waals surface area contributed by atoms with E-state index in [1.54, 1.807) is 13.8 Å². The van der Waals surface area contributed by atoms with Gasteiger partial charge in [0.2, 0.25) is 0 Å². The monoisotopic (exact) mass is 212 g/mol. The van der Waals surface area contributed by atoms with Gasteiger partial charge in [0.05, 0.1) is 5.60 Å². The fraction of sp³-hybridized carbons (Fsp3) is 0.769. The number of carbonyl (C=O) groups is 1. The van der Waals surface area contributed by atoms with Crippen molar-refractivity contribution in [1.29, 1.82) is 0 Å². The summed E-state index contributed by atoms with van der Waals surface area (Å²) in [5.74, 6) is 0. The summed E-state index contributed by atoms with van der Waals surface area (Å²) in [6, 6.07) is 0. The average Bonchev–Trinajstić information content (AvgIpc) is 2.01. The molecular formula is C13H24O2. The van der Waals surface area contributed by atoms with Crippen molar-refractivity contribution in [3.8, 4) is 0 Å². The Morgan fingerprint density at radius 1 is 1.20 bits per heavy atom. The summed E-state index contributed by atoms with van der Waals surface area (Å²) >= 11 is 0. The van der Waals surface area contributed by atoms with E-state index in [4.69, 9.17) is 0 Å². The number of unbranched alkanes of at least 4 members (excludes halogenated alkanes) is 1. The predicted molar refractivity (Wildman–Crippen MR) is 63.8 cm³/mol. The molecule has 2 nitrogen and oxygen atoms in total. The second kappa shape index (κ2) is 6.06. The van der Waals surface area contributed by atoms with Crippen LogP contribution in [0, 0.1) is 5.41 Å². The molecule has 0 rings (SSSR count). The SMILES string of the molecule is CC(C)(O)C=CCC(C)(C)CCCC=O. The Kier molecular flexibility index (Phi) is 5.81. The molecule has 0 spiro atoms. The molecule has 0 heterocycles. The molecule has 0 aliphatic heterocycles. The molecule has 0 fully saturated rings. The van der Waals surface area contributed by atoms with Crippen LogP contribution >= 0.6 is 0 Å². The Morgan fingerprint density at radius 2 is 1.80 bits per heavy atom. The van der Waals surface area contributed by atoms with Gasteiger partial charge in [0.15, 0.2) is 0 Å². The number of carbonyl (C=O) groups excluding carboxylic acids is 1. The van der Waals surface area contributed by atoms with Crippen LogP contribution in [0.5, 0.6) is 0 Å². The Bertz CT molecular complexity index is 209. The maximum atomic E-state index is 10.2. The first-order valence-corrected chi connectivity index (χ1v) is 5.60. The number of aldehydes is 1. The van der Waals surface area contributed by atoms with Crippen molar-refractivity contribution >= 4 is 6.29 Å². The van der Waals surface area contributed by atoms with E-state index in [9.17, 15) is 9.90 Å². The topological polar surface area (TPSA) is 37.3 Å². The van der Waals surface area contributed by atoms with Crippen LogP contribution in [0.2, 0.25) is 0 Å². The number of aliphatic hydroxyl groups is 1. The molecular weight excluding hydrogens is 188 g/mol. The average molecular weight is 212 g/mol. The van der Waals surface area contributed by atoms with Crippen molar-refractivity contribution in [3.63, 3.8) is 0 Å². The summed E-state index contributed by atoms with van der Waals surface area (Å²) in [6.45, 7) is 7.91. The normalized spacial score (nSPS) is 13.4. The van der Waals surface area contributed by atoms with Gasteiger partial charge in [0.1, 0.15) is 6.29 Å². The van der Waals surface area contributed by atoms with Crippen LogP contribution in [-0.4, -0.2) is 17.0 Å². The summed E-state index contributed by atoms with van der Waals surface area (Å²) in [7, 11) is 0. The van der Waals surface area contributed by atoms with Gasteiger partial charge in [-0.05, 0) is 38.5 Å². The van der Waals surface area contributed by atoms with Crippen molar-refractivity contribution < 1.29 is 9.90 Å². The molecule has 0 aromatic rings. The minimum atomic E-state index is -0.723. The lowest BCUT2D eigenvalue weighted by Crippen LogP contribution is -2.15. The van der Waals surface area contributed by atoms with Gasteiger partial charge in [-0.15, -0.1) is 0 Å². The van der Waals surface area contributed by atoms with Gasteiger partial charge in [-0.25, -0.2) is 0 Å². The fourth-order valence-electron chi connectivity index (χ4n) is 1.43. The van der Waals surface area contributed by atoms with E-state index in [0.29, 0.717) is 6.42 Å². The number of rotatable bonds is 7. The van der Waals surface area contributed by atoms with E-state index < -0.39 is 5.60 Å². The van der Waals surface area contributed by atoms with Crippen molar-refractivity contribution in [2.45, 2.75) is 59.0 Å². The molecule has 0 saturated carbocycles. The lowest BCUT2D eigenvalue weighted by atomic mass is 9.83. The minimum Gasteiger partial charge on any atom is -0.386 e. The van der Waals surface area contributed by atoms with Crippen LogP contribution in [0.4, 0.5) is 0 Å². The zero-order chi connectivity index (χ0) is 11.9.